The molecule has 1 amide bonds. The zero-order valence-corrected chi connectivity index (χ0v) is 11.8. The third kappa shape index (κ3) is 3.68. The van der Waals surface area contributed by atoms with Gasteiger partial charge in [0, 0.05) is 19.2 Å². The topological polar surface area (TPSA) is 38.3 Å². The zero-order chi connectivity index (χ0) is 14.4. The fraction of sp³-hybridized carbons (Fsp3) is 0.235. The second-order valence-corrected chi connectivity index (χ2v) is 4.70. The first-order chi connectivity index (χ1) is 9.70. The number of carbonyl (C=O) groups excluding carboxylic acids is 1. The van der Waals surface area contributed by atoms with Crippen LogP contribution in [0.15, 0.2) is 54.6 Å². The van der Waals surface area contributed by atoms with Gasteiger partial charge in [-0.25, -0.2) is 0 Å². The van der Waals surface area contributed by atoms with Crippen LogP contribution in [-0.4, -0.2) is 25.7 Å². The van der Waals surface area contributed by atoms with E-state index in [4.69, 9.17) is 4.74 Å². The Balaban J connectivity index is 2.03. The van der Waals surface area contributed by atoms with E-state index in [0.717, 1.165) is 11.1 Å². The van der Waals surface area contributed by atoms with Crippen molar-refractivity contribution in [3.05, 3.63) is 60.2 Å². The Morgan fingerprint density at radius 2 is 1.65 bits per heavy atom. The Kier molecular flexibility index (Phi) is 4.91. The van der Waals surface area contributed by atoms with Gasteiger partial charge >= 0.3 is 0 Å². The smallest absolute Gasteiger partial charge is 0.251 e. The van der Waals surface area contributed by atoms with Crippen LogP contribution in [0.4, 0.5) is 0 Å². The molecule has 0 heterocycles. The summed E-state index contributed by atoms with van der Waals surface area (Å²) in [5.74, 6) is -0.0755. The van der Waals surface area contributed by atoms with E-state index in [0.29, 0.717) is 12.1 Å². The van der Waals surface area contributed by atoms with Gasteiger partial charge in [0.05, 0.1) is 6.10 Å². The van der Waals surface area contributed by atoms with Crippen LogP contribution < -0.4 is 5.32 Å². The Hall–Kier alpha value is -2.13. The van der Waals surface area contributed by atoms with E-state index in [1.165, 1.54) is 0 Å². The summed E-state index contributed by atoms with van der Waals surface area (Å²) in [6.45, 7) is 2.43. The highest BCUT2D eigenvalue weighted by atomic mass is 16.5. The summed E-state index contributed by atoms with van der Waals surface area (Å²) in [4.78, 5) is 11.9. The molecule has 0 aliphatic carbocycles. The highest BCUT2D eigenvalue weighted by Crippen LogP contribution is 2.19. The number of amides is 1. The SMILES string of the molecule is COC(C)CNC(=O)c1ccc(-c2ccccc2)cc1. The lowest BCUT2D eigenvalue weighted by molar-refractivity contribution is 0.0870. The van der Waals surface area contributed by atoms with Gasteiger partial charge < -0.3 is 10.1 Å². The zero-order valence-electron chi connectivity index (χ0n) is 11.8. The van der Waals surface area contributed by atoms with Gasteiger partial charge in [0.1, 0.15) is 0 Å². The van der Waals surface area contributed by atoms with Crippen molar-refractivity contribution in [3.63, 3.8) is 0 Å². The van der Waals surface area contributed by atoms with Crippen LogP contribution in [0.25, 0.3) is 11.1 Å². The lowest BCUT2D eigenvalue weighted by Crippen LogP contribution is -2.31. The minimum Gasteiger partial charge on any atom is -0.380 e. The van der Waals surface area contributed by atoms with E-state index in [9.17, 15) is 4.79 Å². The summed E-state index contributed by atoms with van der Waals surface area (Å²) in [6.07, 6.45) is 0.0162. The first-order valence-corrected chi connectivity index (χ1v) is 6.67. The normalized spacial score (nSPS) is 11.9. The van der Waals surface area contributed by atoms with E-state index in [2.05, 4.69) is 17.4 Å². The van der Waals surface area contributed by atoms with Crippen molar-refractivity contribution in [3.8, 4) is 11.1 Å². The maximum absolute atomic E-state index is 11.9. The minimum atomic E-state index is -0.0755. The molecule has 20 heavy (non-hydrogen) atoms. The van der Waals surface area contributed by atoms with Crippen LogP contribution in [0.3, 0.4) is 0 Å². The Labute approximate surface area is 119 Å². The van der Waals surface area contributed by atoms with Crippen LogP contribution >= 0.6 is 0 Å². The number of hydrogen-bond donors (Lipinski definition) is 1. The molecule has 2 rings (SSSR count). The number of rotatable bonds is 5. The third-order valence-electron chi connectivity index (χ3n) is 3.21. The van der Waals surface area contributed by atoms with Gasteiger partial charge in [0.25, 0.3) is 5.91 Å². The molecule has 1 unspecified atom stereocenters. The molecule has 0 radical (unpaired) electrons. The highest BCUT2D eigenvalue weighted by Gasteiger charge is 2.07. The standard InChI is InChI=1S/C17H19NO2/c1-13(20-2)12-18-17(19)16-10-8-15(9-11-16)14-6-4-3-5-7-14/h3-11,13H,12H2,1-2H3,(H,18,19). The molecule has 1 atom stereocenters. The molecule has 0 aromatic heterocycles. The van der Waals surface area contributed by atoms with Gasteiger partial charge in [-0.1, -0.05) is 42.5 Å². The van der Waals surface area contributed by atoms with Crippen molar-refractivity contribution >= 4 is 5.91 Å². The largest absolute Gasteiger partial charge is 0.380 e. The van der Waals surface area contributed by atoms with Gasteiger partial charge in [0.15, 0.2) is 0 Å². The molecule has 0 saturated carbocycles. The quantitative estimate of drug-likeness (QED) is 0.905. The molecule has 2 aromatic carbocycles. The maximum Gasteiger partial charge on any atom is 0.251 e. The Morgan fingerprint density at radius 3 is 2.25 bits per heavy atom. The summed E-state index contributed by atoms with van der Waals surface area (Å²) in [5.41, 5.74) is 2.91. The van der Waals surface area contributed by atoms with Crippen LogP contribution in [0.5, 0.6) is 0 Å². The molecule has 0 aliphatic heterocycles. The van der Waals surface area contributed by atoms with Gasteiger partial charge in [-0.05, 0) is 30.2 Å². The van der Waals surface area contributed by atoms with Crippen molar-refractivity contribution < 1.29 is 9.53 Å². The molecule has 0 saturated heterocycles. The van der Waals surface area contributed by atoms with Gasteiger partial charge in [0.2, 0.25) is 0 Å². The van der Waals surface area contributed by atoms with Crippen LogP contribution in [-0.2, 0) is 4.74 Å². The monoisotopic (exact) mass is 269 g/mol. The molecule has 3 nitrogen and oxygen atoms in total. The van der Waals surface area contributed by atoms with Crippen molar-refractivity contribution in [1.82, 2.24) is 5.32 Å². The lowest BCUT2D eigenvalue weighted by Gasteiger charge is -2.11. The van der Waals surface area contributed by atoms with Gasteiger partial charge in [-0.15, -0.1) is 0 Å². The number of nitrogens with one attached hydrogen (secondary N) is 1. The molecular formula is C17H19NO2. The molecule has 0 bridgehead atoms. The number of carbonyl (C=O) groups is 1. The Bertz CT molecular complexity index is 549. The van der Waals surface area contributed by atoms with Crippen molar-refractivity contribution in [1.29, 1.82) is 0 Å². The lowest BCUT2D eigenvalue weighted by atomic mass is 10.0. The molecule has 0 aliphatic rings. The molecular weight excluding hydrogens is 250 g/mol. The Morgan fingerprint density at radius 1 is 1.05 bits per heavy atom. The summed E-state index contributed by atoms with van der Waals surface area (Å²) in [7, 11) is 1.63. The number of hydrogen-bond acceptors (Lipinski definition) is 2. The molecule has 2 aromatic rings. The van der Waals surface area contributed by atoms with Crippen LogP contribution in [0, 0.1) is 0 Å². The first-order valence-electron chi connectivity index (χ1n) is 6.67. The molecule has 0 spiro atoms. The van der Waals surface area contributed by atoms with Crippen LogP contribution in [0.1, 0.15) is 17.3 Å². The van der Waals surface area contributed by atoms with Crippen molar-refractivity contribution in [2.45, 2.75) is 13.0 Å². The van der Waals surface area contributed by atoms with E-state index < -0.39 is 0 Å². The number of ether oxygens (including phenoxy) is 1. The van der Waals surface area contributed by atoms with Crippen molar-refractivity contribution in [2.24, 2.45) is 0 Å². The van der Waals surface area contributed by atoms with E-state index >= 15 is 0 Å². The predicted octanol–water partition coefficient (Wildman–Crippen LogP) is 3.12. The number of methoxy groups -OCH3 is 1. The third-order valence-corrected chi connectivity index (χ3v) is 3.21. The minimum absolute atomic E-state index is 0.0162. The molecule has 1 N–H and O–H groups in total. The maximum atomic E-state index is 11.9. The average Bonchev–Trinajstić information content (AvgIpc) is 2.53. The van der Waals surface area contributed by atoms with Gasteiger partial charge in [-0.2, -0.15) is 0 Å². The van der Waals surface area contributed by atoms with E-state index in [-0.39, 0.29) is 12.0 Å². The van der Waals surface area contributed by atoms with E-state index in [1.54, 1.807) is 7.11 Å². The fourth-order valence-corrected chi connectivity index (χ4v) is 1.87. The first kappa shape index (κ1) is 14.3. The fourth-order valence-electron chi connectivity index (χ4n) is 1.87. The highest BCUT2D eigenvalue weighted by molar-refractivity contribution is 5.94. The van der Waals surface area contributed by atoms with Crippen LogP contribution in [0.2, 0.25) is 0 Å². The second-order valence-electron chi connectivity index (χ2n) is 4.70. The van der Waals surface area contributed by atoms with E-state index in [1.807, 2.05) is 49.4 Å². The number of benzene rings is 2. The average molecular weight is 269 g/mol. The summed E-state index contributed by atoms with van der Waals surface area (Å²) < 4.78 is 5.10. The predicted molar refractivity (Wildman–Crippen MR) is 80.7 cm³/mol. The molecule has 104 valence electrons. The second kappa shape index (κ2) is 6.87. The molecule has 0 fully saturated rings. The summed E-state index contributed by atoms with van der Waals surface area (Å²) in [6, 6.07) is 17.7. The van der Waals surface area contributed by atoms with Gasteiger partial charge in [-0.3, -0.25) is 4.79 Å². The summed E-state index contributed by atoms with van der Waals surface area (Å²) >= 11 is 0. The summed E-state index contributed by atoms with van der Waals surface area (Å²) in [5, 5.41) is 2.84. The van der Waals surface area contributed by atoms with Crippen molar-refractivity contribution in [2.75, 3.05) is 13.7 Å². The molecule has 3 heteroatoms.